The van der Waals surface area contributed by atoms with Gasteiger partial charge in [0.2, 0.25) is 5.91 Å². The fourth-order valence-electron chi connectivity index (χ4n) is 2.50. The SMILES string of the molecule is CC1CCCCN1c1c(N)cc(C(N)=O)cc1Cl. The van der Waals surface area contributed by atoms with E-state index in [-0.39, 0.29) is 0 Å². The van der Waals surface area contributed by atoms with Gasteiger partial charge in [-0.15, -0.1) is 0 Å². The lowest BCUT2D eigenvalue weighted by Crippen LogP contribution is -2.38. The van der Waals surface area contributed by atoms with Crippen molar-refractivity contribution >= 4 is 28.9 Å². The molecule has 1 aliphatic rings. The van der Waals surface area contributed by atoms with Crippen LogP contribution in [0.15, 0.2) is 12.1 Å². The Bertz CT molecular complexity index is 452. The van der Waals surface area contributed by atoms with E-state index < -0.39 is 5.91 Å². The molecule has 1 aromatic rings. The second kappa shape index (κ2) is 5.06. The number of amides is 1. The van der Waals surface area contributed by atoms with Crippen LogP contribution in [0.5, 0.6) is 0 Å². The first-order valence-electron chi connectivity index (χ1n) is 6.16. The van der Waals surface area contributed by atoms with E-state index in [2.05, 4.69) is 11.8 Å². The minimum Gasteiger partial charge on any atom is -0.397 e. The third-order valence-electron chi connectivity index (χ3n) is 3.47. The highest BCUT2D eigenvalue weighted by atomic mass is 35.5. The smallest absolute Gasteiger partial charge is 0.248 e. The lowest BCUT2D eigenvalue weighted by molar-refractivity contribution is 0.100. The second-order valence-corrected chi connectivity index (χ2v) is 5.21. The van der Waals surface area contributed by atoms with Crippen molar-refractivity contribution in [1.29, 1.82) is 0 Å². The van der Waals surface area contributed by atoms with Crippen LogP contribution in [0.3, 0.4) is 0 Å². The van der Waals surface area contributed by atoms with Gasteiger partial charge in [0.25, 0.3) is 0 Å². The first kappa shape index (κ1) is 13.0. The number of nitrogens with two attached hydrogens (primary N) is 2. The third kappa shape index (κ3) is 2.38. The van der Waals surface area contributed by atoms with Crippen molar-refractivity contribution < 1.29 is 4.79 Å². The third-order valence-corrected chi connectivity index (χ3v) is 3.76. The number of primary amides is 1. The van der Waals surface area contributed by atoms with Crippen LogP contribution < -0.4 is 16.4 Å². The molecule has 1 aromatic carbocycles. The Labute approximate surface area is 112 Å². The number of halogens is 1. The van der Waals surface area contributed by atoms with E-state index in [1.165, 1.54) is 6.42 Å². The zero-order valence-electron chi connectivity index (χ0n) is 10.4. The second-order valence-electron chi connectivity index (χ2n) is 4.80. The summed E-state index contributed by atoms with van der Waals surface area (Å²) >= 11 is 6.25. The molecule has 98 valence electrons. The van der Waals surface area contributed by atoms with Gasteiger partial charge in [-0.05, 0) is 38.3 Å². The molecule has 1 heterocycles. The summed E-state index contributed by atoms with van der Waals surface area (Å²) in [6, 6.07) is 3.61. The fourth-order valence-corrected chi connectivity index (χ4v) is 2.83. The lowest BCUT2D eigenvalue weighted by Gasteiger charge is -2.36. The molecule has 0 aliphatic carbocycles. The number of anilines is 2. The molecule has 1 aliphatic heterocycles. The molecule has 1 fully saturated rings. The van der Waals surface area contributed by atoms with E-state index in [0.717, 1.165) is 25.1 Å². The van der Waals surface area contributed by atoms with Crippen LogP contribution in [-0.4, -0.2) is 18.5 Å². The molecule has 1 unspecified atom stereocenters. The molecule has 2 rings (SSSR count). The molecule has 0 aromatic heterocycles. The Morgan fingerprint density at radius 2 is 2.17 bits per heavy atom. The minimum absolute atomic E-state index is 0.353. The van der Waals surface area contributed by atoms with Gasteiger partial charge in [-0.3, -0.25) is 4.79 Å². The Hall–Kier alpha value is -1.42. The summed E-state index contributed by atoms with van der Waals surface area (Å²) in [4.78, 5) is 13.4. The molecule has 18 heavy (non-hydrogen) atoms. The fraction of sp³-hybridized carbons (Fsp3) is 0.462. The maximum atomic E-state index is 11.2. The predicted octanol–water partition coefficient (Wildman–Crippen LogP) is 2.40. The van der Waals surface area contributed by atoms with Crippen molar-refractivity contribution in [2.75, 3.05) is 17.2 Å². The summed E-state index contributed by atoms with van der Waals surface area (Å²) in [6.07, 6.45) is 3.50. The highest BCUT2D eigenvalue weighted by molar-refractivity contribution is 6.34. The molecule has 0 spiro atoms. The molecule has 4 N–H and O–H groups in total. The van der Waals surface area contributed by atoms with Crippen molar-refractivity contribution in [2.45, 2.75) is 32.2 Å². The molecule has 5 heteroatoms. The van der Waals surface area contributed by atoms with Gasteiger partial charge in [-0.2, -0.15) is 0 Å². The summed E-state index contributed by atoms with van der Waals surface area (Å²) in [5.41, 5.74) is 13.0. The summed E-state index contributed by atoms with van der Waals surface area (Å²) in [6.45, 7) is 3.11. The maximum absolute atomic E-state index is 11.2. The van der Waals surface area contributed by atoms with Crippen molar-refractivity contribution in [3.05, 3.63) is 22.7 Å². The maximum Gasteiger partial charge on any atom is 0.248 e. The van der Waals surface area contributed by atoms with Gasteiger partial charge in [0.1, 0.15) is 0 Å². The van der Waals surface area contributed by atoms with Gasteiger partial charge in [0.05, 0.1) is 16.4 Å². The largest absolute Gasteiger partial charge is 0.397 e. The Morgan fingerprint density at radius 1 is 1.44 bits per heavy atom. The van der Waals surface area contributed by atoms with Gasteiger partial charge in [-0.25, -0.2) is 0 Å². The first-order chi connectivity index (χ1) is 8.50. The molecule has 4 nitrogen and oxygen atoms in total. The zero-order chi connectivity index (χ0) is 13.3. The van der Waals surface area contributed by atoms with Gasteiger partial charge >= 0.3 is 0 Å². The average molecular weight is 268 g/mol. The van der Waals surface area contributed by atoms with Gasteiger partial charge in [-0.1, -0.05) is 11.6 Å². The molecule has 0 radical (unpaired) electrons. The van der Waals surface area contributed by atoms with Crippen LogP contribution in [0.25, 0.3) is 0 Å². The number of piperidine rings is 1. The van der Waals surface area contributed by atoms with E-state index in [4.69, 9.17) is 23.1 Å². The van der Waals surface area contributed by atoms with E-state index in [0.29, 0.717) is 22.3 Å². The number of hydrogen-bond acceptors (Lipinski definition) is 3. The molecule has 1 amide bonds. The minimum atomic E-state index is -0.512. The van der Waals surface area contributed by atoms with Crippen molar-refractivity contribution in [3.8, 4) is 0 Å². The molecule has 0 bridgehead atoms. The number of hydrogen-bond donors (Lipinski definition) is 2. The molecular formula is C13H18ClN3O. The average Bonchev–Trinajstić information content (AvgIpc) is 2.30. The first-order valence-corrected chi connectivity index (χ1v) is 6.54. The highest BCUT2D eigenvalue weighted by Gasteiger charge is 2.23. The molecular weight excluding hydrogens is 250 g/mol. The van der Waals surface area contributed by atoms with Crippen molar-refractivity contribution in [2.24, 2.45) is 5.73 Å². The van der Waals surface area contributed by atoms with Crippen LogP contribution in [0, 0.1) is 0 Å². The van der Waals surface area contributed by atoms with Crippen LogP contribution in [0.4, 0.5) is 11.4 Å². The van der Waals surface area contributed by atoms with Crippen molar-refractivity contribution in [1.82, 2.24) is 0 Å². The molecule has 1 saturated heterocycles. The molecule has 1 atom stereocenters. The van der Waals surface area contributed by atoms with Crippen LogP contribution in [0.2, 0.25) is 5.02 Å². The van der Waals surface area contributed by atoms with E-state index in [9.17, 15) is 4.79 Å². The molecule has 0 saturated carbocycles. The predicted molar refractivity (Wildman–Crippen MR) is 75.0 cm³/mol. The summed E-state index contributed by atoms with van der Waals surface area (Å²) in [5.74, 6) is -0.512. The van der Waals surface area contributed by atoms with Crippen LogP contribution in [-0.2, 0) is 0 Å². The number of carbonyl (C=O) groups is 1. The highest BCUT2D eigenvalue weighted by Crippen LogP contribution is 2.36. The zero-order valence-corrected chi connectivity index (χ0v) is 11.2. The Kier molecular flexibility index (Phi) is 3.66. The number of benzene rings is 1. The van der Waals surface area contributed by atoms with Gasteiger partial charge in [0, 0.05) is 18.2 Å². The number of rotatable bonds is 2. The quantitative estimate of drug-likeness (QED) is 0.808. The Morgan fingerprint density at radius 3 is 2.72 bits per heavy atom. The lowest BCUT2D eigenvalue weighted by atomic mass is 10.0. The normalized spacial score (nSPS) is 19.9. The van der Waals surface area contributed by atoms with Gasteiger partial charge in [0.15, 0.2) is 0 Å². The topological polar surface area (TPSA) is 72.3 Å². The van der Waals surface area contributed by atoms with Gasteiger partial charge < -0.3 is 16.4 Å². The summed E-state index contributed by atoms with van der Waals surface area (Å²) < 4.78 is 0. The number of nitrogens with zero attached hydrogens (tertiary/aromatic N) is 1. The van der Waals surface area contributed by atoms with Crippen LogP contribution in [0.1, 0.15) is 36.5 Å². The Balaban J connectivity index is 2.41. The van der Waals surface area contributed by atoms with Crippen LogP contribution >= 0.6 is 11.6 Å². The number of nitrogen functional groups attached to an aromatic ring is 1. The van der Waals surface area contributed by atoms with Crippen molar-refractivity contribution in [3.63, 3.8) is 0 Å². The monoisotopic (exact) mass is 267 g/mol. The summed E-state index contributed by atoms with van der Waals surface area (Å²) in [7, 11) is 0. The standard InChI is InChI=1S/C13H18ClN3O/c1-8-4-2-3-5-17(8)12-10(14)6-9(13(16)18)7-11(12)15/h6-8H,2-5,15H2,1H3,(H2,16,18). The number of carbonyl (C=O) groups excluding carboxylic acids is 1. The van der Waals surface area contributed by atoms with E-state index in [1.807, 2.05) is 0 Å². The summed E-state index contributed by atoms with van der Waals surface area (Å²) in [5, 5.41) is 0.498. The van der Waals surface area contributed by atoms with E-state index >= 15 is 0 Å². The van der Waals surface area contributed by atoms with E-state index in [1.54, 1.807) is 12.1 Å².